The molecule has 1 aliphatic rings. The molecule has 0 amide bonds. The number of hydrogen-bond acceptors (Lipinski definition) is 1. The zero-order valence-electron chi connectivity index (χ0n) is 14.1. The van der Waals surface area contributed by atoms with Gasteiger partial charge in [-0.05, 0) is 31.7 Å². The molecule has 0 radical (unpaired) electrons. The maximum absolute atomic E-state index is 4.50. The van der Waals surface area contributed by atoms with Gasteiger partial charge in [0.2, 0.25) is 0 Å². The summed E-state index contributed by atoms with van der Waals surface area (Å²) in [6.45, 7) is 13.5. The Labute approximate surface area is 131 Å². The van der Waals surface area contributed by atoms with Crippen molar-refractivity contribution in [2.45, 2.75) is 65.8 Å². The Morgan fingerprint density at radius 1 is 1.10 bits per heavy atom. The summed E-state index contributed by atoms with van der Waals surface area (Å²) in [6.07, 6.45) is 7.80. The largest absolute Gasteiger partial charge is 0.370 e. The number of likely N-dealkylation sites (tertiary alicyclic amines) is 1. The van der Waals surface area contributed by atoms with Gasteiger partial charge in [0.25, 0.3) is 0 Å². The predicted octanol–water partition coefficient (Wildman–Crippen LogP) is 5.69. The number of aryl methyl sites for hydroxylation is 1. The standard InChI is InChI=1S/C20H31N/c1-5-7-13-20(12-6-2)14-15-21(18(20)4)16-19-10-8-17(3)9-11-19/h8-11H,4-7,12-16H2,1-3H3. The van der Waals surface area contributed by atoms with Crippen molar-refractivity contribution in [2.24, 2.45) is 5.41 Å². The Morgan fingerprint density at radius 3 is 2.43 bits per heavy atom. The van der Waals surface area contributed by atoms with E-state index in [4.69, 9.17) is 0 Å². The Balaban J connectivity index is 2.06. The third kappa shape index (κ3) is 3.70. The minimum atomic E-state index is 0.384. The van der Waals surface area contributed by atoms with Gasteiger partial charge >= 0.3 is 0 Å². The normalized spacial score (nSPS) is 22.0. The number of hydrogen-bond donors (Lipinski definition) is 0. The van der Waals surface area contributed by atoms with Crippen molar-refractivity contribution >= 4 is 0 Å². The van der Waals surface area contributed by atoms with E-state index < -0.39 is 0 Å². The smallest absolute Gasteiger partial charge is 0.0426 e. The first-order valence-corrected chi connectivity index (χ1v) is 8.61. The lowest BCUT2D eigenvalue weighted by Crippen LogP contribution is -2.24. The van der Waals surface area contributed by atoms with Crippen LogP contribution in [0.25, 0.3) is 0 Å². The number of unbranched alkanes of at least 4 members (excludes halogenated alkanes) is 1. The zero-order chi connectivity index (χ0) is 15.3. The van der Waals surface area contributed by atoms with Gasteiger partial charge in [0.1, 0.15) is 0 Å². The van der Waals surface area contributed by atoms with Crippen molar-refractivity contribution in [1.29, 1.82) is 0 Å². The van der Waals surface area contributed by atoms with Crippen molar-refractivity contribution < 1.29 is 0 Å². The topological polar surface area (TPSA) is 3.24 Å². The van der Waals surface area contributed by atoms with Crippen LogP contribution in [-0.2, 0) is 6.54 Å². The van der Waals surface area contributed by atoms with Crippen LogP contribution < -0.4 is 0 Å². The molecule has 1 saturated heterocycles. The molecule has 0 saturated carbocycles. The van der Waals surface area contributed by atoms with Crippen molar-refractivity contribution in [1.82, 2.24) is 4.90 Å². The molecule has 1 atom stereocenters. The van der Waals surface area contributed by atoms with Crippen molar-refractivity contribution in [3.05, 3.63) is 47.7 Å². The van der Waals surface area contributed by atoms with Gasteiger partial charge in [0, 0.05) is 24.2 Å². The van der Waals surface area contributed by atoms with Gasteiger partial charge in [0.15, 0.2) is 0 Å². The van der Waals surface area contributed by atoms with Crippen LogP contribution in [0.5, 0.6) is 0 Å². The lowest BCUT2D eigenvalue weighted by molar-refractivity contribution is 0.283. The third-order valence-corrected chi connectivity index (χ3v) is 5.09. The molecule has 2 rings (SSSR count). The van der Waals surface area contributed by atoms with Gasteiger partial charge in [-0.25, -0.2) is 0 Å². The average Bonchev–Trinajstić information content (AvgIpc) is 2.78. The third-order valence-electron chi connectivity index (χ3n) is 5.09. The molecule has 116 valence electrons. The Kier molecular flexibility index (Phi) is 5.50. The average molecular weight is 285 g/mol. The van der Waals surface area contributed by atoms with E-state index in [-0.39, 0.29) is 0 Å². The first-order chi connectivity index (χ1) is 10.1. The molecule has 1 aromatic carbocycles. The van der Waals surface area contributed by atoms with Crippen LogP contribution in [0.3, 0.4) is 0 Å². The van der Waals surface area contributed by atoms with Crippen LogP contribution in [0.2, 0.25) is 0 Å². The summed E-state index contributed by atoms with van der Waals surface area (Å²) in [7, 11) is 0. The summed E-state index contributed by atoms with van der Waals surface area (Å²) in [5.41, 5.74) is 4.53. The second-order valence-corrected chi connectivity index (χ2v) is 6.74. The molecule has 0 aromatic heterocycles. The van der Waals surface area contributed by atoms with Crippen LogP contribution in [0.4, 0.5) is 0 Å². The van der Waals surface area contributed by atoms with Crippen molar-refractivity contribution in [3.63, 3.8) is 0 Å². The maximum Gasteiger partial charge on any atom is 0.0426 e. The molecule has 1 heterocycles. The van der Waals surface area contributed by atoms with E-state index in [1.54, 1.807) is 0 Å². The first kappa shape index (κ1) is 16.1. The summed E-state index contributed by atoms with van der Waals surface area (Å²) in [6, 6.07) is 8.94. The first-order valence-electron chi connectivity index (χ1n) is 8.61. The quantitative estimate of drug-likeness (QED) is 0.622. The number of benzene rings is 1. The summed E-state index contributed by atoms with van der Waals surface area (Å²) >= 11 is 0. The Hall–Kier alpha value is -1.24. The second kappa shape index (κ2) is 7.15. The molecular formula is C20H31N. The molecule has 1 unspecified atom stereocenters. The summed E-state index contributed by atoms with van der Waals surface area (Å²) < 4.78 is 0. The van der Waals surface area contributed by atoms with Crippen LogP contribution in [0, 0.1) is 12.3 Å². The van der Waals surface area contributed by atoms with Crippen molar-refractivity contribution in [2.75, 3.05) is 6.54 Å². The minimum absolute atomic E-state index is 0.384. The van der Waals surface area contributed by atoms with E-state index in [0.717, 1.165) is 6.54 Å². The molecule has 1 nitrogen and oxygen atoms in total. The van der Waals surface area contributed by atoms with E-state index in [1.165, 1.54) is 61.9 Å². The molecule has 1 aliphatic heterocycles. The van der Waals surface area contributed by atoms with Crippen LogP contribution in [0.1, 0.15) is 63.5 Å². The fourth-order valence-electron chi connectivity index (χ4n) is 3.71. The zero-order valence-corrected chi connectivity index (χ0v) is 14.1. The minimum Gasteiger partial charge on any atom is -0.370 e. The molecule has 1 aromatic rings. The molecule has 0 N–H and O–H groups in total. The van der Waals surface area contributed by atoms with Gasteiger partial charge in [-0.1, -0.05) is 69.5 Å². The summed E-state index contributed by atoms with van der Waals surface area (Å²) in [5.74, 6) is 0. The number of nitrogens with zero attached hydrogens (tertiary/aromatic N) is 1. The highest BCUT2D eigenvalue weighted by Gasteiger charge is 2.39. The highest BCUT2D eigenvalue weighted by molar-refractivity contribution is 5.23. The predicted molar refractivity (Wildman–Crippen MR) is 92.2 cm³/mol. The highest BCUT2D eigenvalue weighted by atomic mass is 15.2. The molecule has 21 heavy (non-hydrogen) atoms. The molecular weight excluding hydrogens is 254 g/mol. The monoisotopic (exact) mass is 285 g/mol. The molecule has 0 aliphatic carbocycles. The highest BCUT2D eigenvalue weighted by Crippen LogP contribution is 2.47. The molecule has 0 bridgehead atoms. The number of rotatable bonds is 7. The Morgan fingerprint density at radius 2 is 1.81 bits per heavy atom. The van der Waals surface area contributed by atoms with Crippen molar-refractivity contribution in [3.8, 4) is 0 Å². The van der Waals surface area contributed by atoms with E-state index in [1.807, 2.05) is 0 Å². The van der Waals surface area contributed by atoms with Gasteiger partial charge in [-0.15, -0.1) is 0 Å². The molecule has 0 spiro atoms. The maximum atomic E-state index is 4.50. The van der Waals surface area contributed by atoms with E-state index >= 15 is 0 Å². The van der Waals surface area contributed by atoms with Gasteiger partial charge < -0.3 is 4.90 Å². The second-order valence-electron chi connectivity index (χ2n) is 6.74. The van der Waals surface area contributed by atoms with E-state index in [0.29, 0.717) is 5.41 Å². The van der Waals surface area contributed by atoms with Crippen LogP contribution in [0.15, 0.2) is 36.5 Å². The fourth-order valence-corrected chi connectivity index (χ4v) is 3.71. The lowest BCUT2D eigenvalue weighted by atomic mass is 9.76. The van der Waals surface area contributed by atoms with Gasteiger partial charge in [0.05, 0.1) is 0 Å². The molecule has 1 fully saturated rings. The van der Waals surface area contributed by atoms with Gasteiger partial charge in [-0.3, -0.25) is 0 Å². The van der Waals surface area contributed by atoms with E-state index in [2.05, 4.69) is 56.5 Å². The van der Waals surface area contributed by atoms with Gasteiger partial charge in [-0.2, -0.15) is 0 Å². The summed E-state index contributed by atoms with van der Waals surface area (Å²) in [4.78, 5) is 2.52. The SMILES string of the molecule is C=C1N(Cc2ccc(C)cc2)CCC1(CCC)CCCC. The van der Waals surface area contributed by atoms with Crippen LogP contribution in [-0.4, -0.2) is 11.4 Å². The number of allylic oxidation sites excluding steroid dienone is 1. The fraction of sp³-hybridized carbons (Fsp3) is 0.600. The molecule has 1 heteroatoms. The lowest BCUT2D eigenvalue weighted by Gasteiger charge is -2.32. The van der Waals surface area contributed by atoms with E-state index in [9.17, 15) is 0 Å². The Bertz CT molecular complexity index is 459. The van der Waals surface area contributed by atoms with Crippen LogP contribution >= 0.6 is 0 Å². The summed E-state index contributed by atoms with van der Waals surface area (Å²) in [5, 5.41) is 0.